The fourth-order valence-electron chi connectivity index (χ4n) is 2.25. The number of H-pyrrole nitrogens is 1. The summed E-state index contributed by atoms with van der Waals surface area (Å²) in [4.78, 5) is 47.2. The number of carbonyl (C=O) groups excluding carboxylic acids is 1. The van der Waals surface area contributed by atoms with Gasteiger partial charge in [-0.1, -0.05) is 12.1 Å². The topological polar surface area (TPSA) is 110 Å². The third-order valence-corrected chi connectivity index (χ3v) is 3.53. The van der Waals surface area contributed by atoms with Crippen molar-refractivity contribution in [2.45, 2.75) is 13.1 Å². The van der Waals surface area contributed by atoms with Crippen molar-refractivity contribution >= 4 is 5.91 Å². The summed E-state index contributed by atoms with van der Waals surface area (Å²) < 4.78 is 0.946. The van der Waals surface area contributed by atoms with E-state index >= 15 is 0 Å². The molecule has 2 N–H and O–H groups in total. The van der Waals surface area contributed by atoms with E-state index in [1.165, 1.54) is 0 Å². The Morgan fingerprint density at radius 3 is 2.76 bits per heavy atom. The average Bonchev–Trinajstić information content (AvgIpc) is 2.65. The molecular formula is C17H15N5O3. The fourth-order valence-corrected chi connectivity index (χ4v) is 2.25. The number of aromatic amines is 1. The van der Waals surface area contributed by atoms with Gasteiger partial charge in [0.25, 0.3) is 11.5 Å². The molecule has 0 atom stereocenters. The Balaban J connectivity index is 1.82. The normalized spacial score (nSPS) is 10.4. The van der Waals surface area contributed by atoms with Gasteiger partial charge in [-0.15, -0.1) is 0 Å². The van der Waals surface area contributed by atoms with Crippen LogP contribution in [0.1, 0.15) is 21.6 Å². The first kappa shape index (κ1) is 16.3. The Bertz CT molecular complexity index is 980. The van der Waals surface area contributed by atoms with E-state index in [4.69, 9.17) is 0 Å². The summed E-state index contributed by atoms with van der Waals surface area (Å²) >= 11 is 0. The molecule has 0 aliphatic rings. The van der Waals surface area contributed by atoms with E-state index in [1.807, 2.05) is 0 Å². The van der Waals surface area contributed by atoms with E-state index in [-0.39, 0.29) is 18.7 Å². The van der Waals surface area contributed by atoms with Crippen LogP contribution in [0.4, 0.5) is 0 Å². The van der Waals surface area contributed by atoms with E-state index in [0.29, 0.717) is 5.69 Å². The van der Waals surface area contributed by atoms with Crippen molar-refractivity contribution < 1.29 is 4.79 Å². The van der Waals surface area contributed by atoms with Crippen molar-refractivity contribution in [1.82, 2.24) is 24.8 Å². The van der Waals surface area contributed by atoms with Gasteiger partial charge in [-0.25, -0.2) is 4.79 Å². The molecule has 126 valence electrons. The van der Waals surface area contributed by atoms with Gasteiger partial charge in [0.2, 0.25) is 0 Å². The molecule has 0 radical (unpaired) electrons. The lowest BCUT2D eigenvalue weighted by atomic mass is 10.2. The van der Waals surface area contributed by atoms with E-state index < -0.39 is 17.2 Å². The smallest absolute Gasteiger partial charge is 0.328 e. The third-order valence-electron chi connectivity index (χ3n) is 3.53. The molecule has 3 rings (SSSR count). The van der Waals surface area contributed by atoms with Crippen LogP contribution in [0.5, 0.6) is 0 Å². The lowest BCUT2D eigenvalue weighted by molar-refractivity contribution is 0.0948. The molecule has 0 bridgehead atoms. The number of rotatable bonds is 5. The number of amides is 1. The van der Waals surface area contributed by atoms with Crippen LogP contribution in [-0.2, 0) is 13.1 Å². The molecule has 0 aliphatic carbocycles. The van der Waals surface area contributed by atoms with Crippen molar-refractivity contribution in [1.29, 1.82) is 0 Å². The van der Waals surface area contributed by atoms with Crippen LogP contribution >= 0.6 is 0 Å². The van der Waals surface area contributed by atoms with Gasteiger partial charge >= 0.3 is 5.69 Å². The van der Waals surface area contributed by atoms with Crippen molar-refractivity contribution in [2.75, 3.05) is 0 Å². The Labute approximate surface area is 142 Å². The summed E-state index contributed by atoms with van der Waals surface area (Å²) in [5.74, 6) is -0.570. The highest BCUT2D eigenvalue weighted by Crippen LogP contribution is 1.97. The largest absolute Gasteiger partial charge is 0.348 e. The second kappa shape index (κ2) is 7.35. The zero-order valence-corrected chi connectivity index (χ0v) is 13.2. The zero-order valence-electron chi connectivity index (χ0n) is 13.2. The van der Waals surface area contributed by atoms with Crippen LogP contribution in [0.15, 0.2) is 64.7 Å². The standard InChI is InChI=1S/C17H15N5O3/c23-15(20-9-12-4-3-6-18-8-12)14-10-21-17(25)22(16(14)24)11-13-5-1-2-7-19-13/h1-8,10H,9,11H2,(H,20,23)(H,21,25). The molecule has 0 aromatic carbocycles. The van der Waals surface area contributed by atoms with Gasteiger partial charge < -0.3 is 10.3 Å². The molecule has 0 unspecified atom stereocenters. The molecule has 0 saturated carbocycles. The molecular weight excluding hydrogens is 322 g/mol. The summed E-state index contributed by atoms with van der Waals surface area (Å²) in [7, 11) is 0. The summed E-state index contributed by atoms with van der Waals surface area (Å²) in [5.41, 5.74) is -0.0610. The van der Waals surface area contributed by atoms with Crippen LogP contribution in [0.2, 0.25) is 0 Å². The maximum atomic E-state index is 12.5. The van der Waals surface area contributed by atoms with E-state index in [2.05, 4.69) is 20.3 Å². The highest BCUT2D eigenvalue weighted by molar-refractivity contribution is 5.93. The Kier molecular flexibility index (Phi) is 4.79. The quantitative estimate of drug-likeness (QED) is 0.696. The molecule has 0 saturated heterocycles. The summed E-state index contributed by atoms with van der Waals surface area (Å²) in [5, 5.41) is 2.64. The van der Waals surface area contributed by atoms with Gasteiger partial charge in [0.05, 0.1) is 12.2 Å². The summed E-state index contributed by atoms with van der Waals surface area (Å²) in [6.45, 7) is 0.213. The minimum Gasteiger partial charge on any atom is -0.348 e. The fraction of sp³-hybridized carbons (Fsp3) is 0.118. The zero-order chi connectivity index (χ0) is 17.6. The molecule has 3 aromatic rings. The highest BCUT2D eigenvalue weighted by atomic mass is 16.2. The molecule has 8 nitrogen and oxygen atoms in total. The molecule has 0 aliphatic heterocycles. The van der Waals surface area contributed by atoms with Crippen LogP contribution in [0.3, 0.4) is 0 Å². The van der Waals surface area contributed by atoms with Gasteiger partial charge in [-0.3, -0.25) is 24.1 Å². The van der Waals surface area contributed by atoms with Crippen molar-refractivity contribution in [2.24, 2.45) is 0 Å². The summed E-state index contributed by atoms with van der Waals surface area (Å²) in [6, 6.07) is 8.74. The number of hydrogen-bond acceptors (Lipinski definition) is 5. The van der Waals surface area contributed by atoms with Crippen LogP contribution in [0, 0.1) is 0 Å². The Morgan fingerprint density at radius 2 is 2.04 bits per heavy atom. The van der Waals surface area contributed by atoms with Crippen molar-refractivity contribution in [3.8, 4) is 0 Å². The lowest BCUT2D eigenvalue weighted by Crippen LogP contribution is -2.40. The first-order valence-corrected chi connectivity index (χ1v) is 7.54. The lowest BCUT2D eigenvalue weighted by Gasteiger charge is -2.08. The Hall–Kier alpha value is -3.55. The number of hydrogen-bond donors (Lipinski definition) is 2. The minimum absolute atomic E-state index is 0.0151. The first-order valence-electron chi connectivity index (χ1n) is 7.54. The predicted molar refractivity (Wildman–Crippen MR) is 90.1 cm³/mol. The maximum absolute atomic E-state index is 12.5. The average molecular weight is 337 g/mol. The number of aromatic nitrogens is 4. The van der Waals surface area contributed by atoms with E-state index in [9.17, 15) is 14.4 Å². The monoisotopic (exact) mass is 337 g/mol. The molecule has 3 heterocycles. The van der Waals surface area contributed by atoms with E-state index in [1.54, 1.807) is 48.9 Å². The molecule has 1 amide bonds. The second-order valence-electron chi connectivity index (χ2n) is 5.26. The molecule has 0 fully saturated rings. The van der Waals surface area contributed by atoms with Gasteiger partial charge in [0.1, 0.15) is 5.56 Å². The summed E-state index contributed by atoms with van der Waals surface area (Å²) in [6.07, 6.45) is 5.94. The molecule has 3 aromatic heterocycles. The predicted octanol–water partition coefficient (Wildman–Crippen LogP) is 0.305. The number of carbonyl (C=O) groups is 1. The third kappa shape index (κ3) is 3.86. The van der Waals surface area contributed by atoms with Gasteiger partial charge in [-0.2, -0.15) is 0 Å². The van der Waals surface area contributed by atoms with Crippen LogP contribution in [-0.4, -0.2) is 25.4 Å². The van der Waals surface area contributed by atoms with Gasteiger partial charge in [0.15, 0.2) is 0 Å². The van der Waals surface area contributed by atoms with Crippen LogP contribution in [0.25, 0.3) is 0 Å². The number of nitrogens with one attached hydrogen (secondary N) is 2. The molecule has 8 heteroatoms. The van der Waals surface area contributed by atoms with Gasteiger partial charge in [0, 0.05) is 31.3 Å². The maximum Gasteiger partial charge on any atom is 0.328 e. The molecule has 0 spiro atoms. The van der Waals surface area contributed by atoms with E-state index in [0.717, 1.165) is 16.3 Å². The van der Waals surface area contributed by atoms with Crippen LogP contribution < -0.4 is 16.6 Å². The first-order chi connectivity index (χ1) is 12.1. The van der Waals surface area contributed by atoms with Crippen molar-refractivity contribution in [3.63, 3.8) is 0 Å². The highest BCUT2D eigenvalue weighted by Gasteiger charge is 2.15. The number of pyridine rings is 2. The minimum atomic E-state index is -0.668. The Morgan fingerprint density at radius 1 is 1.16 bits per heavy atom. The van der Waals surface area contributed by atoms with Gasteiger partial charge in [-0.05, 0) is 23.8 Å². The molecule has 25 heavy (non-hydrogen) atoms. The second-order valence-corrected chi connectivity index (χ2v) is 5.26. The number of nitrogens with zero attached hydrogens (tertiary/aromatic N) is 3. The van der Waals surface area contributed by atoms with Crippen molar-refractivity contribution in [3.05, 3.63) is 92.8 Å². The SMILES string of the molecule is O=C(NCc1cccnc1)c1c[nH]c(=O)n(Cc2ccccn2)c1=O.